The molecule has 1 saturated carbocycles. The topological polar surface area (TPSA) is 47.3 Å². The molecule has 2 unspecified atom stereocenters. The van der Waals surface area contributed by atoms with Gasteiger partial charge < -0.3 is 9.84 Å². The minimum atomic E-state index is -0.404. The molecule has 4 heteroatoms. The lowest BCUT2D eigenvalue weighted by atomic mass is 9.70. The third-order valence-corrected chi connectivity index (χ3v) is 4.87. The van der Waals surface area contributed by atoms with Crippen molar-refractivity contribution in [3.05, 3.63) is 17.5 Å². The highest BCUT2D eigenvalue weighted by Crippen LogP contribution is 2.47. The minimum Gasteiger partial charge on any atom is -0.387 e. The number of aromatic nitrogens is 2. The summed E-state index contributed by atoms with van der Waals surface area (Å²) in [5.41, 5.74) is 2.11. The van der Waals surface area contributed by atoms with Gasteiger partial charge in [-0.05, 0) is 50.5 Å². The van der Waals surface area contributed by atoms with Gasteiger partial charge >= 0.3 is 0 Å². The lowest BCUT2D eigenvalue weighted by Crippen LogP contribution is -2.46. The second-order valence-electron chi connectivity index (χ2n) is 6.12. The predicted molar refractivity (Wildman–Crippen MR) is 72.8 cm³/mol. The number of ether oxygens (including phenoxy) is 1. The fourth-order valence-electron chi connectivity index (χ4n) is 3.49. The van der Waals surface area contributed by atoms with Crippen LogP contribution in [0.3, 0.4) is 0 Å². The Morgan fingerprint density at radius 2 is 2.37 bits per heavy atom. The van der Waals surface area contributed by atoms with Crippen LogP contribution in [0.15, 0.2) is 6.07 Å². The van der Waals surface area contributed by atoms with E-state index in [-0.39, 0.29) is 5.60 Å². The fraction of sp³-hybridized carbons (Fsp3) is 0.800. The molecule has 1 aromatic rings. The van der Waals surface area contributed by atoms with E-state index in [1.54, 1.807) is 0 Å². The summed E-state index contributed by atoms with van der Waals surface area (Å²) in [6, 6.07) is 2.05. The van der Waals surface area contributed by atoms with Crippen LogP contribution in [0.2, 0.25) is 0 Å². The molecule has 4 nitrogen and oxygen atoms in total. The molecule has 0 radical (unpaired) electrons. The predicted octanol–water partition coefficient (Wildman–Crippen LogP) is 2.37. The minimum absolute atomic E-state index is 0.0933. The molecule has 106 valence electrons. The monoisotopic (exact) mass is 264 g/mol. The van der Waals surface area contributed by atoms with E-state index in [4.69, 9.17) is 4.74 Å². The maximum atomic E-state index is 10.7. The summed E-state index contributed by atoms with van der Waals surface area (Å²) < 4.78 is 7.78. The number of hydrogen-bond donors (Lipinski definition) is 1. The third-order valence-electron chi connectivity index (χ3n) is 4.87. The molecule has 3 rings (SSSR count). The Kier molecular flexibility index (Phi) is 3.39. The largest absolute Gasteiger partial charge is 0.387 e. The Morgan fingerprint density at radius 1 is 1.58 bits per heavy atom. The van der Waals surface area contributed by atoms with Gasteiger partial charge in [0, 0.05) is 13.7 Å². The molecule has 1 saturated heterocycles. The molecule has 2 fully saturated rings. The molecule has 1 aliphatic heterocycles. The van der Waals surface area contributed by atoms with Crippen LogP contribution in [0.5, 0.6) is 0 Å². The van der Waals surface area contributed by atoms with Crippen LogP contribution >= 0.6 is 0 Å². The summed E-state index contributed by atoms with van der Waals surface area (Å²) >= 11 is 0. The van der Waals surface area contributed by atoms with E-state index in [1.807, 2.05) is 17.8 Å². The van der Waals surface area contributed by atoms with Crippen LogP contribution in [0, 0.1) is 5.92 Å². The number of hydrogen-bond acceptors (Lipinski definition) is 3. The number of aliphatic hydroxyl groups is 1. The van der Waals surface area contributed by atoms with Gasteiger partial charge in [0.25, 0.3) is 0 Å². The van der Waals surface area contributed by atoms with E-state index in [1.165, 1.54) is 19.3 Å². The van der Waals surface area contributed by atoms with Crippen LogP contribution in [-0.2, 0) is 18.2 Å². The molecule has 1 N–H and O–H groups in total. The maximum Gasteiger partial charge on any atom is 0.0986 e. The van der Waals surface area contributed by atoms with Crippen molar-refractivity contribution in [2.75, 3.05) is 6.61 Å². The molecule has 1 aromatic heterocycles. The lowest BCUT2D eigenvalue weighted by Gasteiger charge is -2.48. The van der Waals surface area contributed by atoms with Crippen LogP contribution in [0.1, 0.15) is 56.5 Å². The fourth-order valence-corrected chi connectivity index (χ4v) is 3.49. The third kappa shape index (κ3) is 2.32. The Morgan fingerprint density at radius 3 is 2.95 bits per heavy atom. The van der Waals surface area contributed by atoms with E-state index in [2.05, 4.69) is 12.0 Å². The van der Waals surface area contributed by atoms with Gasteiger partial charge in [-0.15, -0.1) is 0 Å². The molecule has 2 heterocycles. The van der Waals surface area contributed by atoms with Gasteiger partial charge in [0.15, 0.2) is 0 Å². The molecule has 2 atom stereocenters. The zero-order chi connectivity index (χ0) is 13.5. The first-order chi connectivity index (χ1) is 9.13. The summed E-state index contributed by atoms with van der Waals surface area (Å²) in [6.45, 7) is 2.89. The van der Waals surface area contributed by atoms with Crippen molar-refractivity contribution in [3.63, 3.8) is 0 Å². The summed E-state index contributed by atoms with van der Waals surface area (Å²) in [5, 5.41) is 15.1. The van der Waals surface area contributed by atoms with Crippen molar-refractivity contribution in [2.45, 2.75) is 57.2 Å². The van der Waals surface area contributed by atoms with E-state index in [9.17, 15) is 5.11 Å². The zero-order valence-electron chi connectivity index (χ0n) is 11.9. The van der Waals surface area contributed by atoms with Gasteiger partial charge in [-0.2, -0.15) is 5.10 Å². The van der Waals surface area contributed by atoms with Crippen LogP contribution in [0.25, 0.3) is 0 Å². The van der Waals surface area contributed by atoms with E-state index in [0.717, 1.165) is 37.3 Å². The molecule has 0 amide bonds. The SMILES string of the molecule is CCc1cc(C(O)C2CCOC3(CCC3)C2)n(C)n1. The lowest BCUT2D eigenvalue weighted by molar-refractivity contribution is -0.157. The van der Waals surface area contributed by atoms with Crippen LogP contribution in [0.4, 0.5) is 0 Å². The van der Waals surface area contributed by atoms with Gasteiger partial charge in [0.1, 0.15) is 0 Å². The molecule has 19 heavy (non-hydrogen) atoms. The normalized spacial score (nSPS) is 27.2. The first-order valence-corrected chi connectivity index (χ1v) is 7.48. The average Bonchev–Trinajstić information content (AvgIpc) is 2.77. The van der Waals surface area contributed by atoms with Gasteiger partial charge in [-0.25, -0.2) is 0 Å². The van der Waals surface area contributed by atoms with Gasteiger partial charge in [-0.1, -0.05) is 6.92 Å². The number of nitrogens with zero attached hydrogens (tertiary/aromatic N) is 2. The second-order valence-corrected chi connectivity index (χ2v) is 6.12. The molecule has 0 bridgehead atoms. The second kappa shape index (κ2) is 4.91. The summed E-state index contributed by atoms with van der Waals surface area (Å²) in [7, 11) is 1.93. The van der Waals surface area contributed by atoms with Crippen LogP contribution in [-0.4, -0.2) is 27.1 Å². The summed E-state index contributed by atoms with van der Waals surface area (Å²) in [4.78, 5) is 0. The Labute approximate surface area is 114 Å². The zero-order valence-corrected chi connectivity index (χ0v) is 11.9. The maximum absolute atomic E-state index is 10.7. The van der Waals surface area contributed by atoms with Gasteiger partial charge in [0.2, 0.25) is 0 Å². The molecule has 1 spiro atoms. The van der Waals surface area contributed by atoms with Crippen molar-refractivity contribution < 1.29 is 9.84 Å². The molecule has 2 aliphatic rings. The van der Waals surface area contributed by atoms with Gasteiger partial charge in [0.05, 0.1) is 23.1 Å². The van der Waals surface area contributed by atoms with Crippen molar-refractivity contribution in [1.82, 2.24) is 9.78 Å². The molecule has 1 aliphatic carbocycles. The highest BCUT2D eigenvalue weighted by Gasteiger charge is 2.44. The number of aryl methyl sites for hydroxylation is 2. The number of rotatable bonds is 3. The van der Waals surface area contributed by atoms with E-state index < -0.39 is 6.10 Å². The first kappa shape index (κ1) is 13.1. The Balaban J connectivity index is 1.75. The Hall–Kier alpha value is -0.870. The summed E-state index contributed by atoms with van der Waals surface area (Å²) in [5.74, 6) is 0.314. The van der Waals surface area contributed by atoms with E-state index in [0.29, 0.717) is 5.92 Å². The van der Waals surface area contributed by atoms with Crippen LogP contribution < -0.4 is 0 Å². The number of aliphatic hydroxyl groups excluding tert-OH is 1. The molecular formula is C15H24N2O2. The smallest absolute Gasteiger partial charge is 0.0986 e. The van der Waals surface area contributed by atoms with Crippen molar-refractivity contribution >= 4 is 0 Å². The van der Waals surface area contributed by atoms with Gasteiger partial charge in [-0.3, -0.25) is 4.68 Å². The summed E-state index contributed by atoms with van der Waals surface area (Å²) in [6.07, 6.45) is 6.08. The standard InChI is InChI=1S/C15H24N2O2/c1-3-12-9-13(17(2)16-12)14(18)11-5-8-19-15(10-11)6-4-7-15/h9,11,14,18H,3-8,10H2,1-2H3. The van der Waals surface area contributed by atoms with Crippen molar-refractivity contribution in [2.24, 2.45) is 13.0 Å². The Bertz CT molecular complexity index is 451. The highest BCUT2D eigenvalue weighted by molar-refractivity contribution is 5.14. The van der Waals surface area contributed by atoms with Crippen molar-refractivity contribution in [3.8, 4) is 0 Å². The highest BCUT2D eigenvalue weighted by atomic mass is 16.5. The average molecular weight is 264 g/mol. The molecular weight excluding hydrogens is 240 g/mol. The molecule has 0 aromatic carbocycles. The first-order valence-electron chi connectivity index (χ1n) is 7.48. The van der Waals surface area contributed by atoms with E-state index >= 15 is 0 Å². The van der Waals surface area contributed by atoms with Crippen molar-refractivity contribution in [1.29, 1.82) is 0 Å². The quantitative estimate of drug-likeness (QED) is 0.911.